The van der Waals surface area contributed by atoms with Crippen LogP contribution in [0.25, 0.3) is 10.9 Å². The molecule has 3 rings (SSSR count). The Hall–Kier alpha value is -2.59. The maximum atomic E-state index is 12.8. The summed E-state index contributed by atoms with van der Waals surface area (Å²) in [5, 5.41) is 4.06. The molecule has 0 atom stereocenters. The highest BCUT2D eigenvalue weighted by Crippen LogP contribution is 2.27. The first-order chi connectivity index (χ1) is 12.2. The molecule has 26 heavy (non-hydrogen) atoms. The number of carbonyl (C=O) groups is 2. The lowest BCUT2D eigenvalue weighted by Crippen LogP contribution is -2.13. The summed E-state index contributed by atoms with van der Waals surface area (Å²) in [6, 6.07) is 12.9. The lowest BCUT2D eigenvalue weighted by atomic mass is 9.87. The van der Waals surface area contributed by atoms with Gasteiger partial charge in [-0.1, -0.05) is 44.5 Å². The summed E-state index contributed by atoms with van der Waals surface area (Å²) in [5.74, 6) is -0.438. The van der Waals surface area contributed by atoms with Gasteiger partial charge in [0.2, 0.25) is 5.91 Å². The highest BCUT2D eigenvalue weighted by atomic mass is 35.5. The van der Waals surface area contributed by atoms with Crippen LogP contribution in [-0.2, 0) is 5.41 Å². The fraction of sp³-hybridized carbons (Fsp3) is 0.238. The van der Waals surface area contributed by atoms with Crippen molar-refractivity contribution in [2.75, 3.05) is 5.32 Å². The van der Waals surface area contributed by atoms with Crippen LogP contribution in [0.2, 0.25) is 5.02 Å². The zero-order valence-electron chi connectivity index (χ0n) is 15.3. The van der Waals surface area contributed by atoms with E-state index in [1.807, 2.05) is 24.3 Å². The van der Waals surface area contributed by atoms with Crippen molar-refractivity contribution in [3.8, 4) is 0 Å². The summed E-state index contributed by atoms with van der Waals surface area (Å²) in [6.07, 6.45) is 1.56. The molecule has 0 radical (unpaired) electrons. The topological polar surface area (TPSA) is 51.1 Å². The summed E-state index contributed by atoms with van der Waals surface area (Å²) in [6.45, 7) is 7.88. The van der Waals surface area contributed by atoms with Gasteiger partial charge in [0.05, 0.1) is 11.1 Å². The van der Waals surface area contributed by atoms with Crippen molar-refractivity contribution in [3.63, 3.8) is 0 Å². The monoisotopic (exact) mass is 368 g/mol. The Balaban J connectivity index is 1.95. The van der Waals surface area contributed by atoms with Gasteiger partial charge in [0, 0.05) is 29.2 Å². The van der Waals surface area contributed by atoms with Crippen LogP contribution in [-0.4, -0.2) is 16.4 Å². The van der Waals surface area contributed by atoms with E-state index in [9.17, 15) is 9.59 Å². The van der Waals surface area contributed by atoms with Crippen molar-refractivity contribution in [2.45, 2.75) is 33.1 Å². The lowest BCUT2D eigenvalue weighted by Gasteiger charge is -2.19. The molecule has 1 heterocycles. The molecule has 0 aliphatic heterocycles. The molecule has 4 nitrogen and oxygen atoms in total. The molecule has 0 unspecified atom stereocenters. The van der Waals surface area contributed by atoms with Crippen molar-refractivity contribution < 1.29 is 9.59 Å². The molecule has 0 bridgehead atoms. The molecule has 0 aliphatic carbocycles. The normalized spacial score (nSPS) is 11.6. The van der Waals surface area contributed by atoms with Gasteiger partial charge in [0.15, 0.2) is 0 Å². The predicted molar refractivity (Wildman–Crippen MR) is 106 cm³/mol. The third-order valence-electron chi connectivity index (χ3n) is 4.36. The molecule has 1 amide bonds. The maximum absolute atomic E-state index is 12.8. The number of hydrogen-bond acceptors (Lipinski definition) is 2. The molecule has 0 fully saturated rings. The second-order valence-corrected chi connectivity index (χ2v) is 7.81. The first-order valence-corrected chi connectivity index (χ1v) is 8.78. The Morgan fingerprint density at radius 3 is 2.27 bits per heavy atom. The summed E-state index contributed by atoms with van der Waals surface area (Å²) in [7, 11) is 0. The van der Waals surface area contributed by atoms with Crippen LogP contribution in [0.1, 0.15) is 48.4 Å². The SMILES string of the molecule is CC(=O)n1cc(C(=O)Nc2ccc(C(C)(C)C)cc2)c2cc(Cl)ccc21. The van der Waals surface area contributed by atoms with Gasteiger partial charge in [-0.3, -0.25) is 14.2 Å². The summed E-state index contributed by atoms with van der Waals surface area (Å²) in [5.41, 5.74) is 3.02. The van der Waals surface area contributed by atoms with Crippen LogP contribution in [0.3, 0.4) is 0 Å². The molecule has 134 valence electrons. The Bertz CT molecular complexity index is 995. The minimum Gasteiger partial charge on any atom is -0.322 e. The van der Waals surface area contributed by atoms with Crippen LogP contribution < -0.4 is 5.32 Å². The lowest BCUT2D eigenvalue weighted by molar-refractivity contribution is 0.0941. The van der Waals surface area contributed by atoms with Crippen molar-refractivity contribution in [2.24, 2.45) is 0 Å². The number of fused-ring (bicyclic) bond motifs is 1. The van der Waals surface area contributed by atoms with Crippen LogP contribution in [0.4, 0.5) is 5.69 Å². The molecular weight excluding hydrogens is 348 g/mol. The van der Waals surface area contributed by atoms with Crippen molar-refractivity contribution >= 4 is 40.0 Å². The van der Waals surface area contributed by atoms with E-state index in [2.05, 4.69) is 26.1 Å². The van der Waals surface area contributed by atoms with Crippen molar-refractivity contribution in [3.05, 3.63) is 64.8 Å². The third kappa shape index (κ3) is 3.51. The fourth-order valence-corrected chi connectivity index (χ4v) is 3.07. The highest BCUT2D eigenvalue weighted by Gasteiger charge is 2.18. The largest absolute Gasteiger partial charge is 0.322 e. The number of hydrogen-bond donors (Lipinski definition) is 1. The van der Waals surface area contributed by atoms with Gasteiger partial charge >= 0.3 is 0 Å². The van der Waals surface area contributed by atoms with Crippen molar-refractivity contribution in [1.82, 2.24) is 4.57 Å². The zero-order valence-corrected chi connectivity index (χ0v) is 16.0. The highest BCUT2D eigenvalue weighted by molar-refractivity contribution is 6.31. The van der Waals surface area contributed by atoms with Crippen molar-refractivity contribution in [1.29, 1.82) is 0 Å². The number of benzene rings is 2. The van der Waals surface area contributed by atoms with Gasteiger partial charge in [-0.25, -0.2) is 0 Å². The molecule has 0 aliphatic rings. The second kappa shape index (κ2) is 6.61. The molecule has 1 N–H and O–H groups in total. The average molecular weight is 369 g/mol. The fourth-order valence-electron chi connectivity index (χ4n) is 2.90. The number of anilines is 1. The van der Waals surface area contributed by atoms with E-state index in [1.165, 1.54) is 17.1 Å². The summed E-state index contributed by atoms with van der Waals surface area (Å²) < 4.78 is 1.46. The Kier molecular flexibility index (Phi) is 4.63. The van der Waals surface area contributed by atoms with E-state index in [4.69, 9.17) is 11.6 Å². The smallest absolute Gasteiger partial charge is 0.257 e. The number of rotatable bonds is 2. The molecule has 2 aromatic carbocycles. The van der Waals surface area contributed by atoms with E-state index in [-0.39, 0.29) is 17.2 Å². The van der Waals surface area contributed by atoms with Gasteiger partial charge in [-0.05, 0) is 41.3 Å². The number of nitrogens with one attached hydrogen (secondary N) is 1. The van der Waals surface area contributed by atoms with Crippen LogP contribution in [0.5, 0.6) is 0 Å². The van der Waals surface area contributed by atoms with Crippen LogP contribution >= 0.6 is 11.6 Å². The van der Waals surface area contributed by atoms with E-state index in [0.29, 0.717) is 27.2 Å². The zero-order chi connectivity index (χ0) is 19.1. The number of amides is 1. The van der Waals surface area contributed by atoms with E-state index in [0.717, 1.165) is 0 Å². The molecule has 5 heteroatoms. The number of halogens is 1. The van der Waals surface area contributed by atoms with Gasteiger partial charge in [0.1, 0.15) is 0 Å². The van der Waals surface area contributed by atoms with E-state index in [1.54, 1.807) is 24.4 Å². The standard InChI is InChI=1S/C21H21ClN2O2/c1-13(25)24-12-18(17-11-15(22)7-10-19(17)24)20(26)23-16-8-5-14(6-9-16)21(2,3)4/h5-12H,1-4H3,(H,23,26). The minimum absolute atomic E-state index is 0.0498. The summed E-state index contributed by atoms with van der Waals surface area (Å²) >= 11 is 6.08. The Labute approximate surface area is 157 Å². The minimum atomic E-state index is -0.277. The first kappa shape index (κ1) is 18.2. The van der Waals surface area contributed by atoms with Gasteiger partial charge in [0.25, 0.3) is 5.91 Å². The molecular formula is C21H21ClN2O2. The molecule has 1 aromatic heterocycles. The molecule has 0 saturated heterocycles. The van der Waals surface area contributed by atoms with Crippen LogP contribution in [0.15, 0.2) is 48.7 Å². The van der Waals surface area contributed by atoms with Gasteiger partial charge in [-0.15, -0.1) is 0 Å². The summed E-state index contributed by atoms with van der Waals surface area (Å²) in [4.78, 5) is 24.6. The predicted octanol–water partition coefficient (Wildman–Crippen LogP) is 5.50. The number of aromatic nitrogens is 1. The Morgan fingerprint density at radius 2 is 1.69 bits per heavy atom. The van der Waals surface area contributed by atoms with Gasteiger partial charge in [-0.2, -0.15) is 0 Å². The average Bonchev–Trinajstić information content (AvgIpc) is 2.93. The first-order valence-electron chi connectivity index (χ1n) is 8.40. The van der Waals surface area contributed by atoms with Gasteiger partial charge < -0.3 is 5.32 Å². The van der Waals surface area contributed by atoms with E-state index >= 15 is 0 Å². The quantitative estimate of drug-likeness (QED) is 0.648. The van der Waals surface area contributed by atoms with E-state index < -0.39 is 0 Å². The third-order valence-corrected chi connectivity index (χ3v) is 4.59. The number of carbonyl (C=O) groups excluding carboxylic acids is 2. The number of nitrogens with zero attached hydrogens (tertiary/aromatic N) is 1. The molecule has 3 aromatic rings. The second-order valence-electron chi connectivity index (χ2n) is 7.37. The van der Waals surface area contributed by atoms with Crippen LogP contribution in [0, 0.1) is 0 Å². The molecule has 0 spiro atoms. The molecule has 0 saturated carbocycles. The Morgan fingerprint density at radius 1 is 1.04 bits per heavy atom. The maximum Gasteiger partial charge on any atom is 0.257 e.